The van der Waals surface area contributed by atoms with Crippen LogP contribution in [0, 0.1) is 12.8 Å². The van der Waals surface area contributed by atoms with Crippen LogP contribution in [-0.2, 0) is 25.6 Å². The number of nitrogens with one attached hydrogen (secondary N) is 3. The molecule has 2 heterocycles. The minimum absolute atomic E-state index is 0.000985. The van der Waals surface area contributed by atoms with Gasteiger partial charge in [-0.25, -0.2) is 4.79 Å². The minimum Gasteiger partial charge on any atom is -0.425 e. The lowest BCUT2D eigenvalue weighted by molar-refractivity contribution is -0.172. The summed E-state index contributed by atoms with van der Waals surface area (Å²) in [6.45, 7) is 8.32. The number of carbonyl (C=O) groups excluding carboxylic acids is 4. The van der Waals surface area contributed by atoms with Crippen molar-refractivity contribution in [1.29, 1.82) is 0 Å². The highest BCUT2D eigenvalue weighted by Gasteiger charge is 2.33. The molecule has 11 heteroatoms. The van der Waals surface area contributed by atoms with Crippen LogP contribution in [0.15, 0.2) is 54.6 Å². The van der Waals surface area contributed by atoms with Gasteiger partial charge in [-0.2, -0.15) is 0 Å². The normalized spacial score (nSPS) is 16.4. The maximum Gasteiger partial charge on any atom is 0.412 e. The first-order valence-electron chi connectivity index (χ1n) is 16.3. The van der Waals surface area contributed by atoms with Crippen LogP contribution < -0.4 is 16.0 Å². The molecule has 3 aromatic rings. The Kier molecular flexibility index (Phi) is 11.2. The molecule has 47 heavy (non-hydrogen) atoms. The van der Waals surface area contributed by atoms with Gasteiger partial charge in [0.1, 0.15) is 0 Å². The van der Waals surface area contributed by atoms with E-state index in [-0.39, 0.29) is 35.8 Å². The topological polar surface area (TPSA) is 126 Å². The molecular formula is C36H44N4O6S. The zero-order valence-corrected chi connectivity index (χ0v) is 28.3. The lowest BCUT2D eigenvalue weighted by Crippen LogP contribution is -2.57. The molecule has 5 rings (SSSR count). The fourth-order valence-corrected chi connectivity index (χ4v) is 6.85. The minimum atomic E-state index is -0.934. The molecule has 1 saturated carbocycles. The monoisotopic (exact) mass is 660 g/mol. The van der Waals surface area contributed by atoms with Crippen molar-refractivity contribution in [2.24, 2.45) is 5.92 Å². The maximum atomic E-state index is 13.4. The highest BCUT2D eigenvalue weighted by Crippen LogP contribution is 2.30. The van der Waals surface area contributed by atoms with E-state index in [2.05, 4.69) is 22.0 Å². The Hall–Kier alpha value is -4.38. The summed E-state index contributed by atoms with van der Waals surface area (Å²) in [5.74, 6) is -0.625. The van der Waals surface area contributed by atoms with Gasteiger partial charge in [-0.15, -0.1) is 11.3 Å². The van der Waals surface area contributed by atoms with E-state index in [1.807, 2.05) is 62.4 Å². The van der Waals surface area contributed by atoms with E-state index in [1.54, 1.807) is 23.2 Å². The lowest BCUT2D eigenvalue weighted by atomic mass is 9.89. The van der Waals surface area contributed by atoms with Crippen molar-refractivity contribution in [3.63, 3.8) is 0 Å². The van der Waals surface area contributed by atoms with Gasteiger partial charge in [0.05, 0.1) is 24.5 Å². The van der Waals surface area contributed by atoms with Crippen LogP contribution in [0.4, 0.5) is 10.5 Å². The number of aryl methyl sites for hydroxylation is 1. The molecule has 3 N–H and O–H groups in total. The average molecular weight is 661 g/mol. The van der Waals surface area contributed by atoms with Crippen LogP contribution in [0.25, 0.3) is 10.4 Å². The number of ether oxygens (including phenoxy) is 2. The fourth-order valence-electron chi connectivity index (χ4n) is 5.91. The molecule has 1 saturated heterocycles. The molecule has 10 nitrogen and oxygen atoms in total. The summed E-state index contributed by atoms with van der Waals surface area (Å²) >= 11 is 1.63. The van der Waals surface area contributed by atoms with E-state index >= 15 is 0 Å². The molecule has 2 atom stereocenters. The zero-order valence-electron chi connectivity index (χ0n) is 27.5. The Morgan fingerprint density at radius 2 is 1.72 bits per heavy atom. The largest absolute Gasteiger partial charge is 0.425 e. The van der Waals surface area contributed by atoms with Crippen LogP contribution in [0.1, 0.15) is 85.3 Å². The number of hydrogen-bond donors (Lipinski definition) is 3. The Labute approximate surface area is 280 Å². The summed E-state index contributed by atoms with van der Waals surface area (Å²) in [6.07, 6.45) is 3.40. The van der Waals surface area contributed by atoms with Crippen molar-refractivity contribution in [3.8, 4) is 10.4 Å². The second kappa shape index (κ2) is 15.5. The molecular weight excluding hydrogens is 616 g/mol. The highest BCUT2D eigenvalue weighted by atomic mass is 32.1. The first-order valence-corrected chi connectivity index (χ1v) is 17.1. The first-order chi connectivity index (χ1) is 22.5. The second-order valence-electron chi connectivity index (χ2n) is 12.5. The molecule has 1 unspecified atom stereocenters. The standard InChI is InChI=1S/C36H44N4O6S/c1-22-13-14-29(39-30-20-40(21-30)36(44)46-25(4)45-35(43)26-9-6-5-7-10-26)18-32(22)34(42)38-23(2)27-11-8-12-28(17-27)33-16-15-31(47-33)19-37-24(3)41/h8,11-18,23,25-26,30,39H,5-7,9-10,19-21H2,1-4H3,(H,37,41)(H,38,42)/t23-,25?/m1/s1. The molecule has 2 aromatic carbocycles. The van der Waals surface area contributed by atoms with E-state index < -0.39 is 12.4 Å². The molecule has 1 aliphatic carbocycles. The Balaban J connectivity index is 1.11. The summed E-state index contributed by atoms with van der Waals surface area (Å²) in [5.41, 5.74) is 4.26. The number of thiophene rings is 1. The first kappa shape index (κ1) is 34.0. The van der Waals surface area contributed by atoms with Gasteiger partial charge in [0.25, 0.3) is 5.91 Å². The third-order valence-corrected chi connectivity index (χ3v) is 9.81. The molecule has 2 aliphatic rings. The molecule has 2 fully saturated rings. The SMILES string of the molecule is CC(=O)NCc1ccc(-c2cccc([C@@H](C)NC(=O)c3cc(NC4CN(C(=O)OC(C)OC(=O)C5CCCCC5)C4)ccc3C)c2)s1. The molecule has 1 aromatic heterocycles. The van der Waals surface area contributed by atoms with E-state index in [0.717, 1.165) is 64.2 Å². The Morgan fingerprint density at radius 1 is 0.957 bits per heavy atom. The van der Waals surface area contributed by atoms with Crippen molar-refractivity contribution in [3.05, 3.63) is 76.2 Å². The van der Waals surface area contributed by atoms with Crippen molar-refractivity contribution in [1.82, 2.24) is 15.5 Å². The van der Waals surface area contributed by atoms with Gasteiger partial charge in [0, 0.05) is 47.9 Å². The summed E-state index contributed by atoms with van der Waals surface area (Å²) in [6, 6.07) is 17.6. The van der Waals surface area contributed by atoms with Gasteiger partial charge in [-0.1, -0.05) is 43.5 Å². The number of nitrogens with zero attached hydrogens (tertiary/aromatic N) is 1. The smallest absolute Gasteiger partial charge is 0.412 e. The number of anilines is 1. The summed E-state index contributed by atoms with van der Waals surface area (Å²) in [4.78, 5) is 53.3. The van der Waals surface area contributed by atoms with Crippen LogP contribution in [-0.4, -0.2) is 54.2 Å². The van der Waals surface area contributed by atoms with Crippen molar-refractivity contribution in [2.45, 2.75) is 84.7 Å². The van der Waals surface area contributed by atoms with Gasteiger partial charge in [0.15, 0.2) is 0 Å². The average Bonchev–Trinajstić information content (AvgIpc) is 3.52. The number of carbonyl (C=O) groups is 4. The fraction of sp³-hybridized carbons (Fsp3) is 0.444. The van der Waals surface area contributed by atoms with Crippen LogP contribution in [0.3, 0.4) is 0 Å². The van der Waals surface area contributed by atoms with Gasteiger partial charge < -0.3 is 30.3 Å². The molecule has 3 amide bonds. The van der Waals surface area contributed by atoms with Gasteiger partial charge in [-0.05, 0) is 73.7 Å². The zero-order chi connectivity index (χ0) is 33.5. The quantitative estimate of drug-likeness (QED) is 0.157. The van der Waals surface area contributed by atoms with Crippen LogP contribution in [0.5, 0.6) is 0 Å². The number of rotatable bonds is 11. The summed E-state index contributed by atoms with van der Waals surface area (Å²) < 4.78 is 10.7. The van der Waals surface area contributed by atoms with E-state index in [9.17, 15) is 19.2 Å². The third-order valence-electron chi connectivity index (χ3n) is 8.67. The lowest BCUT2D eigenvalue weighted by Gasteiger charge is -2.39. The summed E-state index contributed by atoms with van der Waals surface area (Å²) in [7, 11) is 0. The van der Waals surface area contributed by atoms with Crippen molar-refractivity contribution in [2.75, 3.05) is 18.4 Å². The molecule has 0 bridgehead atoms. The number of likely N-dealkylation sites (tertiary alicyclic amines) is 1. The predicted octanol–water partition coefficient (Wildman–Crippen LogP) is 6.55. The number of benzene rings is 2. The Bertz CT molecular complexity index is 1590. The predicted molar refractivity (Wildman–Crippen MR) is 182 cm³/mol. The summed E-state index contributed by atoms with van der Waals surface area (Å²) in [5, 5.41) is 9.37. The van der Waals surface area contributed by atoms with Crippen molar-refractivity contribution < 1.29 is 28.7 Å². The molecule has 0 spiro atoms. The van der Waals surface area contributed by atoms with Crippen LogP contribution >= 0.6 is 11.3 Å². The van der Waals surface area contributed by atoms with Gasteiger partial charge in [-0.3, -0.25) is 14.4 Å². The van der Waals surface area contributed by atoms with E-state index in [0.29, 0.717) is 25.2 Å². The molecule has 250 valence electrons. The third kappa shape index (κ3) is 9.12. The maximum absolute atomic E-state index is 13.4. The number of amides is 3. The molecule has 0 radical (unpaired) electrons. The van der Waals surface area contributed by atoms with E-state index in [4.69, 9.17) is 9.47 Å². The molecule has 1 aliphatic heterocycles. The number of esters is 1. The van der Waals surface area contributed by atoms with E-state index in [1.165, 1.54) is 6.92 Å². The van der Waals surface area contributed by atoms with Crippen LogP contribution in [0.2, 0.25) is 0 Å². The van der Waals surface area contributed by atoms with Gasteiger partial charge >= 0.3 is 12.1 Å². The van der Waals surface area contributed by atoms with Gasteiger partial charge in [0.2, 0.25) is 12.2 Å². The Morgan fingerprint density at radius 3 is 2.47 bits per heavy atom. The van der Waals surface area contributed by atoms with Crippen molar-refractivity contribution >= 4 is 40.9 Å². The second-order valence-corrected chi connectivity index (χ2v) is 13.7. The highest BCUT2D eigenvalue weighted by molar-refractivity contribution is 7.15. The number of hydrogen-bond acceptors (Lipinski definition) is 8.